The third-order valence-electron chi connectivity index (χ3n) is 8.18. The van der Waals surface area contributed by atoms with Crippen molar-refractivity contribution in [1.82, 2.24) is 20.4 Å². The number of carbonyl (C=O) groups is 1. The average Bonchev–Trinajstić information content (AvgIpc) is 3.44. The van der Waals surface area contributed by atoms with Crippen LogP contribution in [0.15, 0.2) is 76.7 Å². The number of anilines is 1. The zero-order chi connectivity index (χ0) is 28.3. The number of nitrogens with two attached hydrogens (primary N) is 1. The van der Waals surface area contributed by atoms with Gasteiger partial charge in [0.1, 0.15) is 11.0 Å². The van der Waals surface area contributed by atoms with Crippen LogP contribution in [0.2, 0.25) is 10.0 Å². The molecule has 40 heavy (non-hydrogen) atoms. The molecule has 1 amide bonds. The Balaban J connectivity index is 1.83. The van der Waals surface area contributed by atoms with E-state index in [1.54, 1.807) is 7.05 Å². The van der Waals surface area contributed by atoms with Crippen molar-refractivity contribution in [1.29, 1.82) is 0 Å². The molecule has 1 aliphatic heterocycles. The number of benzene rings is 2. The van der Waals surface area contributed by atoms with Crippen molar-refractivity contribution in [2.24, 2.45) is 0 Å². The second kappa shape index (κ2) is 11.8. The summed E-state index contributed by atoms with van der Waals surface area (Å²) in [5.74, 6) is 0.121. The number of nitrogens with zero attached hydrogens (tertiary/aromatic N) is 3. The van der Waals surface area contributed by atoms with E-state index < -0.39 is 11.0 Å². The van der Waals surface area contributed by atoms with Crippen molar-refractivity contribution >= 4 is 35.1 Å². The molecule has 0 radical (unpaired) electrons. The standard InChI is InChI=1S/C31H35Cl2N5O2/c1-3-10-23(21-13-14-25(32)26(33)19-21)24-20-30(22-11-6-4-7-12-22,28-36-37-29(34)40-28)15-16-31(24,27(39)35-2)38-17-8-5-9-18-38/h4,6-7,11-16,19-20,23H,3,5,8-10,17-18H2,1-2H3,(H2,34,37)(H,35,39). The smallest absolute Gasteiger partial charge is 0.312 e. The van der Waals surface area contributed by atoms with Gasteiger partial charge >= 0.3 is 6.01 Å². The number of rotatable bonds is 8. The van der Waals surface area contributed by atoms with Crippen molar-refractivity contribution in [3.8, 4) is 0 Å². The Morgan fingerprint density at radius 3 is 2.45 bits per heavy atom. The maximum Gasteiger partial charge on any atom is 0.312 e. The highest BCUT2D eigenvalue weighted by atomic mass is 35.5. The monoisotopic (exact) mass is 579 g/mol. The van der Waals surface area contributed by atoms with Crippen LogP contribution >= 0.6 is 23.2 Å². The molecule has 2 aromatic carbocycles. The number of hydrogen-bond donors (Lipinski definition) is 2. The third-order valence-corrected chi connectivity index (χ3v) is 8.92. The molecule has 9 heteroatoms. The number of nitrogen functional groups attached to an aromatic ring is 1. The van der Waals surface area contributed by atoms with Crippen LogP contribution in [0.1, 0.15) is 62.0 Å². The second-order valence-electron chi connectivity index (χ2n) is 10.5. The minimum Gasteiger partial charge on any atom is -0.407 e. The highest BCUT2D eigenvalue weighted by Gasteiger charge is 2.53. The fourth-order valence-corrected chi connectivity index (χ4v) is 6.57. The molecule has 2 heterocycles. The van der Waals surface area contributed by atoms with Crippen LogP contribution in [0.5, 0.6) is 0 Å². The number of likely N-dealkylation sites (N-methyl/N-ethyl adjacent to an activating group) is 1. The van der Waals surface area contributed by atoms with E-state index in [9.17, 15) is 4.79 Å². The number of piperidine rings is 1. The molecular formula is C31H35Cl2N5O2. The summed E-state index contributed by atoms with van der Waals surface area (Å²) in [6.07, 6.45) is 11.1. The zero-order valence-electron chi connectivity index (χ0n) is 22.9. The van der Waals surface area contributed by atoms with E-state index in [0.717, 1.165) is 61.9 Å². The molecule has 0 bridgehead atoms. The van der Waals surface area contributed by atoms with Crippen LogP contribution in [-0.2, 0) is 10.2 Å². The number of carbonyl (C=O) groups excluding carboxylic acids is 1. The van der Waals surface area contributed by atoms with Gasteiger partial charge in [0.2, 0.25) is 11.8 Å². The Hall–Kier alpha value is -3.13. The van der Waals surface area contributed by atoms with Gasteiger partial charge in [-0.15, -0.1) is 5.10 Å². The predicted octanol–water partition coefficient (Wildman–Crippen LogP) is 6.30. The van der Waals surface area contributed by atoms with E-state index in [1.807, 2.05) is 60.7 Å². The highest BCUT2D eigenvalue weighted by Crippen LogP contribution is 2.50. The van der Waals surface area contributed by atoms with Gasteiger partial charge in [-0.1, -0.05) is 103 Å². The summed E-state index contributed by atoms with van der Waals surface area (Å²) in [5, 5.41) is 12.3. The molecule has 1 aliphatic carbocycles. The molecule has 3 aromatic rings. The van der Waals surface area contributed by atoms with Gasteiger partial charge in [0.15, 0.2) is 0 Å². The lowest BCUT2D eigenvalue weighted by molar-refractivity contribution is -0.129. The van der Waals surface area contributed by atoms with E-state index in [4.69, 9.17) is 33.4 Å². The summed E-state index contributed by atoms with van der Waals surface area (Å²) in [6, 6.07) is 15.7. The quantitative estimate of drug-likeness (QED) is 0.304. The maximum absolute atomic E-state index is 14.2. The number of amides is 1. The van der Waals surface area contributed by atoms with Crippen molar-refractivity contribution in [2.75, 3.05) is 25.9 Å². The fraction of sp³-hybridized carbons (Fsp3) is 0.387. The van der Waals surface area contributed by atoms with E-state index in [-0.39, 0.29) is 17.8 Å². The molecule has 3 N–H and O–H groups in total. The summed E-state index contributed by atoms with van der Waals surface area (Å²) in [7, 11) is 1.70. The SMILES string of the molecule is CCCC(C1=CC(c2ccccc2)(c2nnc(N)o2)C=CC1(C(=O)NC)N1CCCCC1)c1ccc(Cl)c(Cl)c1. The lowest BCUT2D eigenvalue weighted by Gasteiger charge is -2.49. The molecule has 0 spiro atoms. The van der Waals surface area contributed by atoms with Gasteiger partial charge in [-0.05, 0) is 61.2 Å². The molecule has 7 nitrogen and oxygen atoms in total. The van der Waals surface area contributed by atoms with Crippen LogP contribution in [-0.4, -0.2) is 46.7 Å². The Bertz CT molecular complexity index is 1420. The first-order valence-electron chi connectivity index (χ1n) is 13.9. The summed E-state index contributed by atoms with van der Waals surface area (Å²) in [6.45, 7) is 3.76. The maximum atomic E-state index is 14.2. The zero-order valence-corrected chi connectivity index (χ0v) is 24.4. The predicted molar refractivity (Wildman–Crippen MR) is 159 cm³/mol. The molecule has 3 atom stereocenters. The van der Waals surface area contributed by atoms with Gasteiger partial charge in [0.25, 0.3) is 0 Å². The number of halogens is 2. The summed E-state index contributed by atoms with van der Waals surface area (Å²) >= 11 is 12.9. The van der Waals surface area contributed by atoms with Gasteiger partial charge < -0.3 is 15.5 Å². The first-order chi connectivity index (χ1) is 19.4. The van der Waals surface area contributed by atoms with Gasteiger partial charge in [0, 0.05) is 13.0 Å². The van der Waals surface area contributed by atoms with Gasteiger partial charge in [0.05, 0.1) is 10.0 Å². The first-order valence-corrected chi connectivity index (χ1v) is 14.6. The number of hydrogen-bond acceptors (Lipinski definition) is 6. The lowest BCUT2D eigenvalue weighted by Crippen LogP contribution is -2.61. The fourth-order valence-electron chi connectivity index (χ4n) is 6.26. The minimum atomic E-state index is -1.02. The molecule has 1 fully saturated rings. The van der Waals surface area contributed by atoms with Gasteiger partial charge in [-0.3, -0.25) is 9.69 Å². The molecule has 0 saturated carbocycles. The first kappa shape index (κ1) is 28.4. The van der Waals surface area contributed by atoms with Crippen molar-refractivity contribution in [2.45, 2.75) is 55.9 Å². The summed E-state index contributed by atoms with van der Waals surface area (Å²) in [4.78, 5) is 16.5. The normalized spacial score (nSPS) is 23.9. The van der Waals surface area contributed by atoms with Crippen LogP contribution in [0, 0.1) is 0 Å². The lowest BCUT2D eigenvalue weighted by atomic mass is 9.64. The largest absolute Gasteiger partial charge is 0.407 e. The van der Waals surface area contributed by atoms with Gasteiger partial charge in [-0.2, -0.15) is 0 Å². The molecule has 2 aliphatic rings. The third kappa shape index (κ3) is 4.95. The summed E-state index contributed by atoms with van der Waals surface area (Å²) in [5.41, 5.74) is 6.85. The summed E-state index contributed by atoms with van der Waals surface area (Å²) < 4.78 is 5.92. The second-order valence-corrected chi connectivity index (χ2v) is 11.3. The van der Waals surface area contributed by atoms with Crippen LogP contribution in [0.4, 0.5) is 6.01 Å². The van der Waals surface area contributed by atoms with Crippen molar-refractivity contribution < 1.29 is 9.21 Å². The van der Waals surface area contributed by atoms with Crippen molar-refractivity contribution in [3.63, 3.8) is 0 Å². The molecule has 1 aromatic heterocycles. The number of aromatic nitrogens is 2. The molecular weight excluding hydrogens is 545 g/mol. The Morgan fingerprint density at radius 1 is 1.07 bits per heavy atom. The highest BCUT2D eigenvalue weighted by molar-refractivity contribution is 6.42. The average molecular weight is 581 g/mol. The van der Waals surface area contributed by atoms with Gasteiger partial charge in [-0.25, -0.2) is 0 Å². The van der Waals surface area contributed by atoms with E-state index in [0.29, 0.717) is 15.9 Å². The molecule has 1 saturated heterocycles. The van der Waals surface area contributed by atoms with E-state index in [2.05, 4.69) is 33.4 Å². The Labute approximate surface area is 245 Å². The van der Waals surface area contributed by atoms with Crippen LogP contribution < -0.4 is 11.1 Å². The van der Waals surface area contributed by atoms with E-state index in [1.165, 1.54) is 0 Å². The van der Waals surface area contributed by atoms with E-state index >= 15 is 0 Å². The number of allylic oxidation sites excluding steroid dienone is 2. The molecule has 5 rings (SSSR count). The topological polar surface area (TPSA) is 97.3 Å². The number of likely N-dealkylation sites (tertiary alicyclic amines) is 1. The van der Waals surface area contributed by atoms with Crippen LogP contribution in [0.25, 0.3) is 0 Å². The van der Waals surface area contributed by atoms with Crippen molar-refractivity contribution in [3.05, 3.63) is 99.4 Å². The van der Waals surface area contributed by atoms with Crippen LogP contribution in [0.3, 0.4) is 0 Å². The molecule has 210 valence electrons. The molecule has 3 unspecified atom stereocenters. The Kier molecular flexibility index (Phi) is 8.36. The number of nitrogens with one attached hydrogen (secondary N) is 1. The minimum absolute atomic E-state index is 0.0117. The Morgan fingerprint density at radius 2 is 1.82 bits per heavy atom.